The minimum absolute atomic E-state index is 0.349. The molecule has 2 heteroatoms. The van der Waals surface area contributed by atoms with E-state index < -0.39 is 0 Å². The van der Waals surface area contributed by atoms with Crippen molar-refractivity contribution in [2.75, 3.05) is 0 Å². The highest BCUT2D eigenvalue weighted by atomic mass is 16.1. The van der Waals surface area contributed by atoms with Crippen LogP contribution in [0, 0.1) is 41.4 Å². The van der Waals surface area contributed by atoms with E-state index >= 15 is 0 Å². The first kappa shape index (κ1) is 20.6. The Labute approximate surface area is 172 Å². The van der Waals surface area contributed by atoms with Crippen molar-refractivity contribution < 1.29 is 9.59 Å². The maximum Gasteiger partial charge on any atom is 0.139 e. The molecule has 0 heterocycles. The summed E-state index contributed by atoms with van der Waals surface area (Å²) >= 11 is 0. The van der Waals surface area contributed by atoms with E-state index in [0.717, 1.165) is 56.3 Å². The van der Waals surface area contributed by atoms with E-state index in [1.54, 1.807) is 0 Å². The first-order valence-electron chi connectivity index (χ1n) is 12.7. The number of ketones is 2. The third kappa shape index (κ3) is 5.08. The first-order valence-corrected chi connectivity index (χ1v) is 12.7. The summed E-state index contributed by atoms with van der Waals surface area (Å²) in [5, 5.41) is 0. The van der Waals surface area contributed by atoms with Gasteiger partial charge in [0.2, 0.25) is 0 Å². The maximum absolute atomic E-state index is 13.0. The lowest BCUT2D eigenvalue weighted by Gasteiger charge is -2.29. The summed E-state index contributed by atoms with van der Waals surface area (Å²) in [7, 11) is 0. The SMILES string of the molecule is CC1CCC(C(=O)CCCC2CC2C(=O)C2CCC3CCCCC3CC2)CC1. The second-order valence-electron chi connectivity index (χ2n) is 11.0. The second kappa shape index (κ2) is 9.43. The van der Waals surface area contributed by atoms with Crippen LogP contribution in [0.4, 0.5) is 0 Å². The molecule has 28 heavy (non-hydrogen) atoms. The first-order chi connectivity index (χ1) is 13.6. The van der Waals surface area contributed by atoms with Gasteiger partial charge in [0, 0.05) is 24.2 Å². The van der Waals surface area contributed by atoms with Gasteiger partial charge < -0.3 is 0 Å². The highest BCUT2D eigenvalue weighted by molar-refractivity contribution is 5.86. The molecule has 0 saturated heterocycles. The third-order valence-corrected chi connectivity index (χ3v) is 9.00. The fourth-order valence-corrected chi connectivity index (χ4v) is 6.85. The van der Waals surface area contributed by atoms with E-state index in [1.165, 1.54) is 64.2 Å². The largest absolute Gasteiger partial charge is 0.299 e. The van der Waals surface area contributed by atoms with Gasteiger partial charge in [-0.1, -0.05) is 45.4 Å². The van der Waals surface area contributed by atoms with Crippen LogP contribution in [0.5, 0.6) is 0 Å². The van der Waals surface area contributed by atoms with Crippen LogP contribution in [-0.4, -0.2) is 11.6 Å². The van der Waals surface area contributed by atoms with Crippen molar-refractivity contribution in [3.63, 3.8) is 0 Å². The molecule has 0 spiro atoms. The summed E-state index contributed by atoms with van der Waals surface area (Å²) in [6.07, 6.45) is 19.4. The van der Waals surface area contributed by atoms with Gasteiger partial charge in [0.15, 0.2) is 0 Å². The highest BCUT2D eigenvalue weighted by Gasteiger charge is 2.45. The van der Waals surface area contributed by atoms with E-state index in [-0.39, 0.29) is 0 Å². The predicted molar refractivity (Wildman–Crippen MR) is 114 cm³/mol. The Balaban J connectivity index is 1.15. The molecule has 0 amide bonds. The number of carbonyl (C=O) groups excluding carboxylic acids is 2. The molecular weight excluding hydrogens is 344 g/mol. The fourth-order valence-electron chi connectivity index (χ4n) is 6.85. The average molecular weight is 387 g/mol. The van der Waals surface area contributed by atoms with Crippen molar-refractivity contribution in [2.45, 2.75) is 110 Å². The van der Waals surface area contributed by atoms with Gasteiger partial charge in [-0.25, -0.2) is 0 Å². The molecule has 4 atom stereocenters. The molecule has 4 aliphatic carbocycles. The van der Waals surface area contributed by atoms with Crippen LogP contribution >= 0.6 is 0 Å². The fraction of sp³-hybridized carbons (Fsp3) is 0.923. The van der Waals surface area contributed by atoms with E-state index in [1.807, 2.05) is 0 Å². The van der Waals surface area contributed by atoms with Crippen LogP contribution < -0.4 is 0 Å². The Morgan fingerprint density at radius 1 is 0.750 bits per heavy atom. The monoisotopic (exact) mass is 386 g/mol. The number of hydrogen-bond donors (Lipinski definition) is 0. The molecule has 0 aromatic heterocycles. The third-order valence-electron chi connectivity index (χ3n) is 9.00. The Kier molecular flexibility index (Phi) is 6.94. The van der Waals surface area contributed by atoms with Crippen molar-refractivity contribution in [3.05, 3.63) is 0 Å². The summed E-state index contributed by atoms with van der Waals surface area (Å²) in [5.74, 6) is 5.47. The second-order valence-corrected chi connectivity index (χ2v) is 11.0. The van der Waals surface area contributed by atoms with Crippen molar-refractivity contribution in [1.29, 1.82) is 0 Å². The van der Waals surface area contributed by atoms with Crippen LogP contribution in [0.2, 0.25) is 0 Å². The van der Waals surface area contributed by atoms with Crippen molar-refractivity contribution >= 4 is 11.6 Å². The van der Waals surface area contributed by atoms with Crippen molar-refractivity contribution in [1.82, 2.24) is 0 Å². The minimum Gasteiger partial charge on any atom is -0.299 e. The number of rotatable bonds is 7. The molecule has 4 saturated carbocycles. The lowest BCUT2D eigenvalue weighted by Crippen LogP contribution is -2.20. The Morgan fingerprint density at radius 3 is 2.00 bits per heavy atom. The summed E-state index contributed by atoms with van der Waals surface area (Å²) in [5.41, 5.74) is 0. The molecule has 0 aliphatic heterocycles. The van der Waals surface area contributed by atoms with Gasteiger partial charge in [-0.15, -0.1) is 0 Å². The zero-order chi connectivity index (χ0) is 19.5. The lowest BCUT2D eigenvalue weighted by molar-refractivity contribution is -0.125. The number of carbonyl (C=O) groups is 2. The number of hydrogen-bond acceptors (Lipinski definition) is 2. The van der Waals surface area contributed by atoms with Crippen molar-refractivity contribution in [2.24, 2.45) is 41.4 Å². The van der Waals surface area contributed by atoms with Gasteiger partial charge in [0.1, 0.15) is 11.6 Å². The highest BCUT2D eigenvalue weighted by Crippen LogP contribution is 2.48. The van der Waals surface area contributed by atoms with Crippen LogP contribution in [-0.2, 0) is 9.59 Å². The molecule has 4 fully saturated rings. The zero-order valence-electron chi connectivity index (χ0n) is 18.2. The quantitative estimate of drug-likeness (QED) is 0.485. The van der Waals surface area contributed by atoms with Gasteiger partial charge in [-0.05, 0) is 81.5 Å². The van der Waals surface area contributed by atoms with Crippen LogP contribution in [0.1, 0.15) is 110 Å². The van der Waals surface area contributed by atoms with E-state index in [9.17, 15) is 9.59 Å². The zero-order valence-corrected chi connectivity index (χ0v) is 18.2. The molecule has 0 bridgehead atoms. The van der Waals surface area contributed by atoms with Crippen LogP contribution in [0.15, 0.2) is 0 Å². The Bertz CT molecular complexity index is 529. The normalized spacial score (nSPS) is 41.0. The molecule has 158 valence electrons. The Hall–Kier alpha value is -0.660. The molecule has 0 radical (unpaired) electrons. The molecule has 0 aromatic carbocycles. The molecule has 4 rings (SSSR count). The Morgan fingerprint density at radius 2 is 1.36 bits per heavy atom. The average Bonchev–Trinajstić information content (AvgIpc) is 3.50. The van der Waals surface area contributed by atoms with Gasteiger partial charge in [0.25, 0.3) is 0 Å². The molecule has 0 aromatic rings. The lowest BCUT2D eigenvalue weighted by atomic mass is 9.77. The summed E-state index contributed by atoms with van der Waals surface area (Å²) in [4.78, 5) is 25.5. The van der Waals surface area contributed by atoms with E-state index in [2.05, 4.69) is 6.92 Å². The van der Waals surface area contributed by atoms with Gasteiger partial charge in [0.05, 0.1) is 0 Å². The maximum atomic E-state index is 13.0. The number of fused-ring (bicyclic) bond motifs is 1. The molecular formula is C26H42O2. The van der Waals surface area contributed by atoms with Crippen LogP contribution in [0.3, 0.4) is 0 Å². The predicted octanol–water partition coefficient (Wildman–Crippen LogP) is 6.75. The molecule has 0 N–H and O–H groups in total. The van der Waals surface area contributed by atoms with E-state index in [0.29, 0.717) is 35.2 Å². The van der Waals surface area contributed by atoms with E-state index in [4.69, 9.17) is 0 Å². The van der Waals surface area contributed by atoms with Crippen molar-refractivity contribution in [3.8, 4) is 0 Å². The van der Waals surface area contributed by atoms with Gasteiger partial charge >= 0.3 is 0 Å². The molecule has 2 nitrogen and oxygen atoms in total. The number of Topliss-reactive ketones (excluding diaryl/α,β-unsaturated/α-hetero) is 2. The van der Waals surface area contributed by atoms with Gasteiger partial charge in [-0.2, -0.15) is 0 Å². The molecule has 4 unspecified atom stereocenters. The van der Waals surface area contributed by atoms with Crippen LogP contribution in [0.25, 0.3) is 0 Å². The topological polar surface area (TPSA) is 34.1 Å². The van der Waals surface area contributed by atoms with Gasteiger partial charge in [-0.3, -0.25) is 9.59 Å². The summed E-state index contributed by atoms with van der Waals surface area (Å²) in [6, 6.07) is 0. The summed E-state index contributed by atoms with van der Waals surface area (Å²) < 4.78 is 0. The standard InChI is InChI=1S/C26H42O2/c1-18-9-11-21(12-10-18)25(27)8-4-7-23-17-24(23)26(28)22-15-13-19-5-2-3-6-20(19)14-16-22/h18-24H,2-17H2,1H3. The molecule has 4 aliphatic rings. The minimum atomic E-state index is 0.349. The smallest absolute Gasteiger partial charge is 0.139 e. The summed E-state index contributed by atoms with van der Waals surface area (Å²) in [6.45, 7) is 2.31.